The Hall–Kier alpha value is -1.40. The normalized spacial score (nSPS) is 18.3. The van der Waals surface area contributed by atoms with Crippen molar-refractivity contribution in [3.8, 4) is 0 Å². The number of aryl methyl sites for hydroxylation is 1. The Bertz CT molecular complexity index is 466. The van der Waals surface area contributed by atoms with Gasteiger partial charge in [-0.1, -0.05) is 13.3 Å². The monoisotopic (exact) mass is 308 g/mol. The summed E-state index contributed by atoms with van der Waals surface area (Å²) in [4.78, 5) is 18.2. The van der Waals surface area contributed by atoms with E-state index in [4.69, 9.17) is 0 Å². The average molecular weight is 308 g/mol. The highest BCUT2D eigenvalue weighted by Crippen LogP contribution is 2.29. The van der Waals surface area contributed by atoms with E-state index >= 15 is 0 Å². The highest BCUT2D eigenvalue weighted by molar-refractivity contribution is 5.77. The smallest absolute Gasteiger partial charge is 0.234 e. The molecule has 1 saturated heterocycles. The number of imidazole rings is 1. The molecule has 2 heterocycles. The van der Waals surface area contributed by atoms with Gasteiger partial charge in [0.1, 0.15) is 11.9 Å². The zero-order chi connectivity index (χ0) is 15.9. The Labute approximate surface area is 132 Å². The van der Waals surface area contributed by atoms with Crippen molar-refractivity contribution in [3.63, 3.8) is 0 Å². The van der Waals surface area contributed by atoms with Crippen LogP contribution < -0.4 is 5.32 Å². The standard InChI is InChI=1S/C16H28N4O2/c1-3-4-7-17-14(21)12-20-9-5-13(6-10-20)15(22)16-18-8-11-19(16)2/h8,11,13,15,22H,3-7,9-10,12H2,1-2H3,(H,17,21). The molecule has 2 N–H and O–H groups in total. The number of rotatable bonds is 7. The van der Waals surface area contributed by atoms with Crippen molar-refractivity contribution < 1.29 is 9.90 Å². The number of carbonyl (C=O) groups excluding carboxylic acids is 1. The fraction of sp³-hybridized carbons (Fsp3) is 0.750. The molecule has 0 spiro atoms. The predicted octanol–water partition coefficient (Wildman–Crippen LogP) is 1.08. The molecule has 0 aromatic carbocycles. The van der Waals surface area contributed by atoms with E-state index < -0.39 is 6.10 Å². The zero-order valence-electron chi connectivity index (χ0n) is 13.7. The second kappa shape index (κ2) is 8.29. The minimum absolute atomic E-state index is 0.108. The first kappa shape index (κ1) is 17.0. The van der Waals surface area contributed by atoms with Crippen molar-refractivity contribution in [2.45, 2.75) is 38.7 Å². The summed E-state index contributed by atoms with van der Waals surface area (Å²) in [6.45, 7) is 5.06. The van der Waals surface area contributed by atoms with Gasteiger partial charge in [-0.3, -0.25) is 9.69 Å². The molecule has 1 amide bonds. The molecule has 0 aliphatic carbocycles. The van der Waals surface area contributed by atoms with Crippen LogP contribution in [0.1, 0.15) is 44.5 Å². The molecule has 22 heavy (non-hydrogen) atoms. The van der Waals surface area contributed by atoms with Crippen molar-refractivity contribution in [1.82, 2.24) is 19.8 Å². The van der Waals surface area contributed by atoms with Gasteiger partial charge >= 0.3 is 0 Å². The predicted molar refractivity (Wildman–Crippen MR) is 85.2 cm³/mol. The largest absolute Gasteiger partial charge is 0.385 e. The van der Waals surface area contributed by atoms with Crippen LogP contribution in [-0.2, 0) is 11.8 Å². The number of piperidine rings is 1. The first-order chi connectivity index (χ1) is 10.6. The summed E-state index contributed by atoms with van der Waals surface area (Å²) in [5, 5.41) is 13.4. The maximum atomic E-state index is 11.8. The first-order valence-corrected chi connectivity index (χ1v) is 8.26. The Kier molecular flexibility index (Phi) is 6.39. The second-order valence-corrected chi connectivity index (χ2v) is 6.16. The van der Waals surface area contributed by atoms with E-state index in [1.54, 1.807) is 6.20 Å². The van der Waals surface area contributed by atoms with Crippen LogP contribution in [0.4, 0.5) is 0 Å². The van der Waals surface area contributed by atoms with E-state index in [9.17, 15) is 9.90 Å². The Morgan fingerprint density at radius 3 is 2.82 bits per heavy atom. The summed E-state index contributed by atoms with van der Waals surface area (Å²) in [5.41, 5.74) is 0. The van der Waals surface area contributed by atoms with Gasteiger partial charge in [0.05, 0.1) is 6.54 Å². The van der Waals surface area contributed by atoms with Crippen LogP contribution in [0.2, 0.25) is 0 Å². The Morgan fingerprint density at radius 1 is 1.50 bits per heavy atom. The van der Waals surface area contributed by atoms with E-state index in [0.717, 1.165) is 51.1 Å². The number of likely N-dealkylation sites (tertiary alicyclic amines) is 1. The molecule has 1 atom stereocenters. The van der Waals surface area contributed by atoms with Crippen molar-refractivity contribution in [1.29, 1.82) is 0 Å². The number of aromatic nitrogens is 2. The van der Waals surface area contributed by atoms with Gasteiger partial charge in [-0.05, 0) is 38.3 Å². The molecule has 6 heteroatoms. The number of aliphatic hydroxyl groups excluding tert-OH is 1. The second-order valence-electron chi connectivity index (χ2n) is 6.16. The molecule has 0 saturated carbocycles. The average Bonchev–Trinajstić information content (AvgIpc) is 2.94. The Morgan fingerprint density at radius 2 is 2.23 bits per heavy atom. The summed E-state index contributed by atoms with van der Waals surface area (Å²) < 4.78 is 1.87. The Balaban J connectivity index is 1.74. The molecule has 1 fully saturated rings. The van der Waals surface area contributed by atoms with Crippen molar-refractivity contribution in [2.24, 2.45) is 13.0 Å². The molecule has 6 nitrogen and oxygen atoms in total. The fourth-order valence-electron chi connectivity index (χ4n) is 2.96. The molecular weight excluding hydrogens is 280 g/mol. The van der Waals surface area contributed by atoms with Gasteiger partial charge in [-0.25, -0.2) is 4.98 Å². The van der Waals surface area contributed by atoms with Gasteiger partial charge in [0, 0.05) is 26.0 Å². The van der Waals surface area contributed by atoms with Crippen LogP contribution in [0.25, 0.3) is 0 Å². The lowest BCUT2D eigenvalue weighted by atomic mass is 9.90. The number of nitrogens with one attached hydrogen (secondary N) is 1. The van der Waals surface area contributed by atoms with Crippen LogP contribution in [-0.4, -0.2) is 51.6 Å². The van der Waals surface area contributed by atoms with Gasteiger partial charge in [-0.2, -0.15) is 0 Å². The summed E-state index contributed by atoms with van der Waals surface area (Å²) in [7, 11) is 1.90. The number of hydrogen-bond acceptors (Lipinski definition) is 4. The van der Waals surface area contributed by atoms with Gasteiger partial charge in [0.25, 0.3) is 0 Å². The lowest BCUT2D eigenvalue weighted by molar-refractivity contribution is -0.122. The van der Waals surface area contributed by atoms with Crippen molar-refractivity contribution in [2.75, 3.05) is 26.2 Å². The molecule has 1 aliphatic rings. The molecular formula is C16H28N4O2. The maximum Gasteiger partial charge on any atom is 0.234 e. The maximum absolute atomic E-state index is 11.8. The third kappa shape index (κ3) is 4.55. The number of carbonyl (C=O) groups is 1. The van der Waals surface area contributed by atoms with Gasteiger partial charge in [-0.15, -0.1) is 0 Å². The summed E-state index contributed by atoms with van der Waals surface area (Å²) in [6.07, 6.45) is 6.98. The lowest BCUT2D eigenvalue weighted by Gasteiger charge is -2.33. The van der Waals surface area contributed by atoms with Crippen LogP contribution in [0.5, 0.6) is 0 Å². The molecule has 1 unspecified atom stereocenters. The molecule has 0 bridgehead atoms. The van der Waals surface area contributed by atoms with E-state index in [1.807, 2.05) is 17.8 Å². The SMILES string of the molecule is CCCCNC(=O)CN1CCC(C(O)c2nccn2C)CC1. The third-order valence-electron chi connectivity index (χ3n) is 4.42. The fourth-order valence-corrected chi connectivity index (χ4v) is 2.96. The van der Waals surface area contributed by atoms with Gasteiger partial charge < -0.3 is 15.0 Å². The molecule has 1 aromatic rings. The third-order valence-corrected chi connectivity index (χ3v) is 4.42. The van der Waals surface area contributed by atoms with Gasteiger partial charge in [0.2, 0.25) is 5.91 Å². The van der Waals surface area contributed by atoms with Gasteiger partial charge in [0.15, 0.2) is 0 Å². The van der Waals surface area contributed by atoms with E-state index in [2.05, 4.69) is 22.1 Å². The number of amides is 1. The minimum atomic E-state index is -0.513. The van der Waals surface area contributed by atoms with Crippen LogP contribution in [0, 0.1) is 5.92 Å². The quantitative estimate of drug-likeness (QED) is 0.740. The van der Waals surface area contributed by atoms with Crippen LogP contribution >= 0.6 is 0 Å². The van der Waals surface area contributed by atoms with Crippen LogP contribution in [0.3, 0.4) is 0 Å². The topological polar surface area (TPSA) is 70.4 Å². The minimum Gasteiger partial charge on any atom is -0.385 e. The molecule has 1 aromatic heterocycles. The number of nitrogens with zero attached hydrogens (tertiary/aromatic N) is 3. The van der Waals surface area contributed by atoms with E-state index in [1.165, 1.54) is 0 Å². The molecule has 1 aliphatic heterocycles. The molecule has 124 valence electrons. The molecule has 0 radical (unpaired) electrons. The van der Waals surface area contributed by atoms with Crippen LogP contribution in [0.15, 0.2) is 12.4 Å². The first-order valence-electron chi connectivity index (χ1n) is 8.26. The zero-order valence-corrected chi connectivity index (χ0v) is 13.7. The van der Waals surface area contributed by atoms with Crippen molar-refractivity contribution >= 4 is 5.91 Å². The van der Waals surface area contributed by atoms with E-state index in [-0.39, 0.29) is 11.8 Å². The highest BCUT2D eigenvalue weighted by Gasteiger charge is 2.28. The number of unbranched alkanes of at least 4 members (excludes halogenated alkanes) is 1. The van der Waals surface area contributed by atoms with E-state index in [0.29, 0.717) is 6.54 Å². The highest BCUT2D eigenvalue weighted by atomic mass is 16.3. The lowest BCUT2D eigenvalue weighted by Crippen LogP contribution is -2.42. The summed E-state index contributed by atoms with van der Waals surface area (Å²) >= 11 is 0. The number of hydrogen-bond donors (Lipinski definition) is 2. The summed E-state index contributed by atoms with van der Waals surface area (Å²) in [6, 6.07) is 0. The number of aliphatic hydroxyl groups is 1. The molecule has 2 rings (SSSR count). The van der Waals surface area contributed by atoms with Crippen molar-refractivity contribution in [3.05, 3.63) is 18.2 Å². The summed E-state index contributed by atoms with van der Waals surface area (Å²) in [5.74, 6) is 1.06.